The summed E-state index contributed by atoms with van der Waals surface area (Å²) in [4.78, 5) is 11.6. The maximum Gasteiger partial charge on any atom is 0.135 e. The maximum atomic E-state index is 11.6. The smallest absolute Gasteiger partial charge is 0.135 e. The molecular weight excluding hydrogens is 172 g/mol. The highest BCUT2D eigenvalue weighted by molar-refractivity contribution is 5.80. The van der Waals surface area contributed by atoms with Crippen LogP contribution in [0.2, 0.25) is 0 Å². The topological polar surface area (TPSA) is 17.1 Å². The van der Waals surface area contributed by atoms with Gasteiger partial charge in [-0.05, 0) is 12.8 Å². The van der Waals surface area contributed by atoms with Crippen LogP contribution >= 0.6 is 0 Å². The van der Waals surface area contributed by atoms with E-state index >= 15 is 0 Å². The van der Waals surface area contributed by atoms with E-state index in [1.165, 1.54) is 44.9 Å². The molecule has 0 aliphatic heterocycles. The lowest BCUT2D eigenvalue weighted by atomic mass is 9.93. The standard InChI is InChI=1S/C13H24O/c1-12-10-8-6-4-2-3-5-7-9-11-13(12)14/h12H,2-11H2,1H3. The van der Waals surface area contributed by atoms with Crippen LogP contribution in [0.1, 0.15) is 71.1 Å². The van der Waals surface area contributed by atoms with E-state index in [9.17, 15) is 4.79 Å². The largest absolute Gasteiger partial charge is 0.299 e. The van der Waals surface area contributed by atoms with Crippen LogP contribution in [0.15, 0.2) is 0 Å². The van der Waals surface area contributed by atoms with Gasteiger partial charge in [-0.3, -0.25) is 4.79 Å². The van der Waals surface area contributed by atoms with Crippen molar-refractivity contribution in [1.82, 2.24) is 0 Å². The molecule has 1 aliphatic rings. The van der Waals surface area contributed by atoms with Crippen molar-refractivity contribution in [1.29, 1.82) is 0 Å². The second-order valence-corrected chi connectivity index (χ2v) is 4.73. The lowest BCUT2D eigenvalue weighted by Gasteiger charge is -2.11. The Bertz CT molecular complexity index is 163. The van der Waals surface area contributed by atoms with E-state index in [0.717, 1.165) is 19.3 Å². The van der Waals surface area contributed by atoms with E-state index < -0.39 is 0 Å². The van der Waals surface area contributed by atoms with Crippen molar-refractivity contribution in [3.8, 4) is 0 Å². The van der Waals surface area contributed by atoms with Gasteiger partial charge in [0.25, 0.3) is 0 Å². The van der Waals surface area contributed by atoms with Crippen LogP contribution in [0.25, 0.3) is 0 Å². The van der Waals surface area contributed by atoms with Gasteiger partial charge in [-0.25, -0.2) is 0 Å². The number of rotatable bonds is 0. The van der Waals surface area contributed by atoms with Crippen molar-refractivity contribution in [3.63, 3.8) is 0 Å². The van der Waals surface area contributed by atoms with Crippen molar-refractivity contribution >= 4 is 5.78 Å². The highest BCUT2D eigenvalue weighted by Gasteiger charge is 2.12. The minimum absolute atomic E-state index is 0.328. The third-order valence-corrected chi connectivity index (χ3v) is 3.36. The molecule has 1 saturated carbocycles. The number of carbonyl (C=O) groups is 1. The molecule has 0 aromatic carbocycles. The first kappa shape index (κ1) is 11.7. The lowest BCUT2D eigenvalue weighted by Crippen LogP contribution is -2.10. The normalized spacial score (nSPS) is 27.8. The van der Waals surface area contributed by atoms with Gasteiger partial charge in [-0.1, -0.05) is 51.9 Å². The summed E-state index contributed by atoms with van der Waals surface area (Å²) in [5, 5.41) is 0. The van der Waals surface area contributed by atoms with Crippen molar-refractivity contribution < 1.29 is 4.79 Å². The Morgan fingerprint density at radius 3 is 2.00 bits per heavy atom. The summed E-state index contributed by atoms with van der Waals surface area (Å²) in [6.45, 7) is 2.11. The third-order valence-electron chi connectivity index (χ3n) is 3.36. The van der Waals surface area contributed by atoms with Crippen LogP contribution in [-0.4, -0.2) is 5.78 Å². The second kappa shape index (κ2) is 7.03. The molecule has 14 heavy (non-hydrogen) atoms. The molecule has 1 atom stereocenters. The molecule has 0 aromatic heterocycles. The Morgan fingerprint density at radius 2 is 1.36 bits per heavy atom. The zero-order chi connectivity index (χ0) is 10.2. The molecule has 0 radical (unpaired) electrons. The van der Waals surface area contributed by atoms with Crippen LogP contribution in [-0.2, 0) is 4.79 Å². The Labute approximate surface area is 88.3 Å². The molecule has 0 saturated heterocycles. The third kappa shape index (κ3) is 4.78. The van der Waals surface area contributed by atoms with Gasteiger partial charge in [0, 0.05) is 12.3 Å². The fraction of sp³-hybridized carbons (Fsp3) is 0.923. The second-order valence-electron chi connectivity index (χ2n) is 4.73. The SMILES string of the molecule is CC1CCCCCCCCCCC1=O. The molecule has 0 heterocycles. The van der Waals surface area contributed by atoms with Gasteiger partial charge in [-0.2, -0.15) is 0 Å². The summed E-state index contributed by atoms with van der Waals surface area (Å²) in [5.74, 6) is 0.833. The summed E-state index contributed by atoms with van der Waals surface area (Å²) in [5.41, 5.74) is 0. The van der Waals surface area contributed by atoms with Gasteiger partial charge in [0.1, 0.15) is 5.78 Å². The van der Waals surface area contributed by atoms with E-state index in [4.69, 9.17) is 0 Å². The van der Waals surface area contributed by atoms with Crippen LogP contribution in [0.4, 0.5) is 0 Å². The quantitative estimate of drug-likeness (QED) is 0.570. The molecule has 1 nitrogen and oxygen atoms in total. The van der Waals surface area contributed by atoms with Gasteiger partial charge in [0.15, 0.2) is 0 Å². The van der Waals surface area contributed by atoms with E-state index in [1.54, 1.807) is 0 Å². The Morgan fingerprint density at radius 1 is 0.857 bits per heavy atom. The summed E-state index contributed by atoms with van der Waals surface area (Å²) in [6, 6.07) is 0. The van der Waals surface area contributed by atoms with E-state index in [1.807, 2.05) is 0 Å². The zero-order valence-electron chi connectivity index (χ0n) is 9.56. The van der Waals surface area contributed by atoms with Crippen molar-refractivity contribution in [2.75, 3.05) is 0 Å². The number of ketones is 1. The zero-order valence-corrected chi connectivity index (χ0v) is 9.56. The molecule has 0 bridgehead atoms. The molecule has 0 amide bonds. The summed E-state index contributed by atoms with van der Waals surface area (Å²) in [7, 11) is 0. The summed E-state index contributed by atoms with van der Waals surface area (Å²) >= 11 is 0. The fourth-order valence-electron chi connectivity index (χ4n) is 2.22. The van der Waals surface area contributed by atoms with E-state index in [-0.39, 0.29) is 0 Å². The van der Waals surface area contributed by atoms with Crippen molar-refractivity contribution in [2.45, 2.75) is 71.1 Å². The number of Topliss-reactive ketones (excluding diaryl/α,β-unsaturated/α-hetero) is 1. The average molecular weight is 196 g/mol. The predicted octanol–water partition coefficient (Wildman–Crippen LogP) is 4.11. The number of hydrogen-bond donors (Lipinski definition) is 0. The number of carbonyl (C=O) groups excluding carboxylic acids is 1. The minimum atomic E-state index is 0.328. The maximum absolute atomic E-state index is 11.6. The molecule has 82 valence electrons. The molecular formula is C13H24O. The van der Waals surface area contributed by atoms with Crippen molar-refractivity contribution in [3.05, 3.63) is 0 Å². The minimum Gasteiger partial charge on any atom is -0.299 e. The van der Waals surface area contributed by atoms with Crippen LogP contribution in [0, 0.1) is 5.92 Å². The lowest BCUT2D eigenvalue weighted by molar-refractivity contribution is -0.122. The monoisotopic (exact) mass is 196 g/mol. The summed E-state index contributed by atoms with van der Waals surface area (Å²) in [6.07, 6.45) is 12.4. The number of hydrogen-bond acceptors (Lipinski definition) is 1. The molecule has 0 spiro atoms. The molecule has 0 aromatic rings. The predicted molar refractivity (Wildman–Crippen MR) is 60.3 cm³/mol. The van der Waals surface area contributed by atoms with Gasteiger partial charge >= 0.3 is 0 Å². The molecule has 1 heteroatoms. The molecule has 1 fully saturated rings. The molecule has 1 rings (SSSR count). The Balaban J connectivity index is 2.27. The van der Waals surface area contributed by atoms with Gasteiger partial charge in [0.05, 0.1) is 0 Å². The van der Waals surface area contributed by atoms with Gasteiger partial charge in [-0.15, -0.1) is 0 Å². The molecule has 1 unspecified atom stereocenters. The molecule has 0 N–H and O–H groups in total. The van der Waals surface area contributed by atoms with E-state index in [2.05, 4.69) is 6.92 Å². The van der Waals surface area contributed by atoms with Crippen LogP contribution < -0.4 is 0 Å². The van der Waals surface area contributed by atoms with Gasteiger partial charge in [0.2, 0.25) is 0 Å². The van der Waals surface area contributed by atoms with E-state index in [0.29, 0.717) is 11.7 Å². The van der Waals surface area contributed by atoms with Crippen LogP contribution in [0.5, 0.6) is 0 Å². The highest BCUT2D eigenvalue weighted by Crippen LogP contribution is 2.18. The summed E-state index contributed by atoms with van der Waals surface area (Å²) < 4.78 is 0. The van der Waals surface area contributed by atoms with Crippen LogP contribution in [0.3, 0.4) is 0 Å². The average Bonchev–Trinajstić information content (AvgIpc) is 2.18. The van der Waals surface area contributed by atoms with Gasteiger partial charge < -0.3 is 0 Å². The Hall–Kier alpha value is -0.330. The first-order chi connectivity index (χ1) is 6.80. The highest BCUT2D eigenvalue weighted by atomic mass is 16.1. The fourth-order valence-corrected chi connectivity index (χ4v) is 2.22. The first-order valence-corrected chi connectivity index (χ1v) is 6.33. The Kier molecular flexibility index (Phi) is 5.89. The van der Waals surface area contributed by atoms with Crippen molar-refractivity contribution in [2.24, 2.45) is 5.92 Å². The first-order valence-electron chi connectivity index (χ1n) is 6.33. The molecule has 1 aliphatic carbocycles.